The van der Waals surface area contributed by atoms with Gasteiger partial charge < -0.3 is 9.73 Å². The zero-order valence-corrected chi connectivity index (χ0v) is 16.2. The fraction of sp³-hybridized carbons (Fsp3) is 0.211. The molecule has 1 heterocycles. The summed E-state index contributed by atoms with van der Waals surface area (Å²) in [4.78, 5) is 12.1. The van der Waals surface area contributed by atoms with E-state index in [-0.39, 0.29) is 11.7 Å². The van der Waals surface area contributed by atoms with Crippen molar-refractivity contribution < 1.29 is 9.21 Å². The first-order chi connectivity index (χ1) is 12.4. The van der Waals surface area contributed by atoms with Crippen molar-refractivity contribution in [1.82, 2.24) is 10.2 Å². The zero-order valence-electron chi connectivity index (χ0n) is 14.7. The number of rotatable bonds is 5. The van der Waals surface area contributed by atoms with Crippen LogP contribution < -0.4 is 5.32 Å². The molecule has 7 heteroatoms. The third-order valence-corrected chi connectivity index (χ3v) is 4.88. The Labute approximate surface area is 161 Å². The van der Waals surface area contributed by atoms with Crippen LogP contribution >= 0.6 is 23.4 Å². The van der Waals surface area contributed by atoms with Crippen LogP contribution in [-0.4, -0.2) is 21.9 Å². The van der Waals surface area contributed by atoms with Gasteiger partial charge >= 0.3 is 0 Å². The van der Waals surface area contributed by atoms with E-state index in [2.05, 4.69) is 21.6 Å². The zero-order chi connectivity index (χ0) is 18.7. The Morgan fingerprint density at radius 1 is 1.12 bits per heavy atom. The fourth-order valence-electron chi connectivity index (χ4n) is 2.48. The first-order valence-electron chi connectivity index (χ1n) is 8.02. The number of benzene rings is 2. The van der Waals surface area contributed by atoms with E-state index in [1.807, 2.05) is 45.0 Å². The van der Waals surface area contributed by atoms with E-state index >= 15 is 0 Å². The van der Waals surface area contributed by atoms with Crippen molar-refractivity contribution in [2.45, 2.75) is 26.0 Å². The minimum absolute atomic E-state index is 0.166. The molecule has 0 bridgehead atoms. The van der Waals surface area contributed by atoms with Gasteiger partial charge in [-0.05, 0) is 50.6 Å². The highest BCUT2D eigenvalue weighted by atomic mass is 35.5. The van der Waals surface area contributed by atoms with Gasteiger partial charge in [-0.2, -0.15) is 0 Å². The minimum atomic E-state index is -0.166. The summed E-state index contributed by atoms with van der Waals surface area (Å²) in [5.74, 6) is 0.450. The predicted octanol–water partition coefficient (Wildman–Crippen LogP) is 5.05. The molecule has 26 heavy (non-hydrogen) atoms. The van der Waals surface area contributed by atoms with E-state index in [4.69, 9.17) is 16.0 Å². The van der Waals surface area contributed by atoms with Gasteiger partial charge in [0, 0.05) is 16.3 Å². The van der Waals surface area contributed by atoms with Gasteiger partial charge in [0.2, 0.25) is 11.8 Å². The molecule has 3 rings (SSSR count). The van der Waals surface area contributed by atoms with Gasteiger partial charge in [0.25, 0.3) is 5.22 Å². The number of aromatic nitrogens is 2. The number of hydrogen-bond acceptors (Lipinski definition) is 5. The number of hydrogen-bond donors (Lipinski definition) is 1. The molecule has 1 amide bonds. The van der Waals surface area contributed by atoms with Gasteiger partial charge in [-0.15, -0.1) is 10.2 Å². The highest BCUT2D eigenvalue weighted by molar-refractivity contribution is 7.99. The summed E-state index contributed by atoms with van der Waals surface area (Å²) in [6.45, 7) is 5.95. The van der Waals surface area contributed by atoms with Gasteiger partial charge in [-0.3, -0.25) is 4.79 Å². The molecule has 2 aromatic carbocycles. The summed E-state index contributed by atoms with van der Waals surface area (Å²) in [6.07, 6.45) is 0. The largest absolute Gasteiger partial charge is 0.411 e. The number of nitrogens with one attached hydrogen (secondary N) is 1. The molecule has 5 nitrogen and oxygen atoms in total. The van der Waals surface area contributed by atoms with Crippen molar-refractivity contribution in [3.05, 3.63) is 58.1 Å². The Kier molecular flexibility index (Phi) is 5.64. The average molecular weight is 388 g/mol. The monoisotopic (exact) mass is 387 g/mol. The predicted molar refractivity (Wildman–Crippen MR) is 105 cm³/mol. The van der Waals surface area contributed by atoms with Gasteiger partial charge in [0.05, 0.1) is 5.75 Å². The summed E-state index contributed by atoms with van der Waals surface area (Å²) >= 11 is 7.26. The van der Waals surface area contributed by atoms with Crippen molar-refractivity contribution in [3.63, 3.8) is 0 Å². The van der Waals surface area contributed by atoms with E-state index in [9.17, 15) is 4.79 Å². The standard InChI is InChI=1S/C19H18ClN3O2S/c1-11-6-12(2)8-14(7-11)18-22-23-19(25-18)26-10-17(24)21-15-5-4-13(3)16(20)9-15/h4-9H,10H2,1-3H3,(H,21,24). The highest BCUT2D eigenvalue weighted by Gasteiger charge is 2.12. The molecule has 0 aliphatic rings. The van der Waals surface area contributed by atoms with Crippen molar-refractivity contribution in [2.24, 2.45) is 0 Å². The Balaban J connectivity index is 1.60. The SMILES string of the molecule is Cc1cc(C)cc(-c2nnc(SCC(=O)Nc3ccc(C)c(Cl)c3)o2)c1. The van der Waals surface area contributed by atoms with E-state index in [1.165, 1.54) is 11.8 Å². The van der Waals surface area contributed by atoms with Crippen molar-refractivity contribution in [3.8, 4) is 11.5 Å². The maximum absolute atomic E-state index is 12.1. The number of thioether (sulfide) groups is 1. The topological polar surface area (TPSA) is 68.0 Å². The van der Waals surface area contributed by atoms with Crippen molar-refractivity contribution >= 4 is 35.0 Å². The van der Waals surface area contributed by atoms with Crippen LogP contribution in [0.15, 0.2) is 46.0 Å². The molecule has 0 saturated heterocycles. The smallest absolute Gasteiger partial charge is 0.277 e. The van der Waals surface area contributed by atoms with Crippen molar-refractivity contribution in [2.75, 3.05) is 11.1 Å². The lowest BCUT2D eigenvalue weighted by atomic mass is 10.1. The Morgan fingerprint density at radius 3 is 2.54 bits per heavy atom. The molecule has 0 atom stereocenters. The van der Waals surface area contributed by atoms with Crippen molar-refractivity contribution in [1.29, 1.82) is 0 Å². The second kappa shape index (κ2) is 7.93. The maximum Gasteiger partial charge on any atom is 0.277 e. The van der Waals surface area contributed by atoms with Crippen LogP contribution in [0.3, 0.4) is 0 Å². The average Bonchev–Trinajstić information content (AvgIpc) is 3.05. The molecule has 3 aromatic rings. The number of nitrogens with zero attached hydrogens (tertiary/aromatic N) is 2. The number of halogens is 1. The second-order valence-electron chi connectivity index (χ2n) is 6.05. The lowest BCUT2D eigenvalue weighted by Crippen LogP contribution is -2.14. The first-order valence-corrected chi connectivity index (χ1v) is 9.38. The Hall–Kier alpha value is -2.31. The number of carbonyl (C=O) groups is 1. The number of carbonyl (C=O) groups excluding carboxylic acids is 1. The molecule has 0 spiro atoms. The Bertz CT molecular complexity index is 935. The highest BCUT2D eigenvalue weighted by Crippen LogP contribution is 2.25. The van der Waals surface area contributed by atoms with Crippen LogP contribution in [0.25, 0.3) is 11.5 Å². The number of aryl methyl sites for hydroxylation is 3. The fourth-order valence-corrected chi connectivity index (χ4v) is 3.22. The van der Waals surface area contributed by atoms with E-state index < -0.39 is 0 Å². The molecule has 134 valence electrons. The lowest BCUT2D eigenvalue weighted by molar-refractivity contribution is -0.113. The van der Waals surface area contributed by atoms with E-state index in [0.29, 0.717) is 21.8 Å². The first kappa shape index (κ1) is 18.5. The summed E-state index contributed by atoms with van der Waals surface area (Å²) in [7, 11) is 0. The number of anilines is 1. The summed E-state index contributed by atoms with van der Waals surface area (Å²) < 4.78 is 5.65. The molecule has 0 radical (unpaired) electrons. The molecule has 1 N–H and O–H groups in total. The quantitative estimate of drug-likeness (QED) is 0.620. The normalized spacial score (nSPS) is 10.8. The van der Waals surface area contributed by atoms with Crippen LogP contribution in [0.4, 0.5) is 5.69 Å². The lowest BCUT2D eigenvalue weighted by Gasteiger charge is -2.05. The Morgan fingerprint density at radius 2 is 1.85 bits per heavy atom. The molecule has 0 unspecified atom stereocenters. The van der Waals surface area contributed by atoms with Crippen LogP contribution in [0, 0.1) is 20.8 Å². The minimum Gasteiger partial charge on any atom is -0.411 e. The van der Waals surface area contributed by atoms with Crippen LogP contribution in [-0.2, 0) is 4.79 Å². The summed E-state index contributed by atoms with van der Waals surface area (Å²) in [6, 6.07) is 11.5. The van der Waals surface area contributed by atoms with E-state index in [1.54, 1.807) is 6.07 Å². The van der Waals surface area contributed by atoms with Crippen LogP contribution in [0.1, 0.15) is 16.7 Å². The summed E-state index contributed by atoms with van der Waals surface area (Å²) in [5, 5.41) is 11.8. The molecular formula is C19H18ClN3O2S. The van der Waals surface area contributed by atoms with E-state index in [0.717, 1.165) is 22.3 Å². The molecule has 0 aliphatic carbocycles. The van der Waals surface area contributed by atoms with Gasteiger partial charge in [-0.25, -0.2) is 0 Å². The molecular weight excluding hydrogens is 370 g/mol. The van der Waals surface area contributed by atoms with Crippen LogP contribution in [0.2, 0.25) is 5.02 Å². The summed E-state index contributed by atoms with van der Waals surface area (Å²) in [5.41, 5.74) is 4.75. The molecule has 1 aromatic heterocycles. The molecule has 0 fully saturated rings. The molecule has 0 aliphatic heterocycles. The van der Waals surface area contributed by atoms with Gasteiger partial charge in [0.15, 0.2) is 0 Å². The number of amides is 1. The molecule has 0 saturated carbocycles. The second-order valence-corrected chi connectivity index (χ2v) is 7.38. The third-order valence-electron chi connectivity index (χ3n) is 3.66. The van der Waals surface area contributed by atoms with Gasteiger partial charge in [0.1, 0.15) is 0 Å². The van der Waals surface area contributed by atoms with Gasteiger partial charge in [-0.1, -0.05) is 46.6 Å². The third kappa shape index (κ3) is 4.65. The van der Waals surface area contributed by atoms with Crippen LogP contribution in [0.5, 0.6) is 0 Å². The maximum atomic E-state index is 12.1.